The lowest BCUT2D eigenvalue weighted by atomic mass is 10.1. The number of piperazine rings is 1. The Morgan fingerprint density at radius 2 is 1.61 bits per heavy atom. The number of anilines is 1. The number of benzene rings is 2. The number of amides is 1. The highest BCUT2D eigenvalue weighted by Crippen LogP contribution is 2.29. The van der Waals surface area contributed by atoms with Gasteiger partial charge >= 0.3 is 0 Å². The van der Waals surface area contributed by atoms with E-state index in [1.165, 1.54) is 0 Å². The van der Waals surface area contributed by atoms with Gasteiger partial charge in [0.2, 0.25) is 5.91 Å². The summed E-state index contributed by atoms with van der Waals surface area (Å²) in [6, 6.07) is 16.2. The summed E-state index contributed by atoms with van der Waals surface area (Å²) in [5, 5.41) is 0. The van der Waals surface area contributed by atoms with Crippen LogP contribution in [-0.4, -0.2) is 67.4 Å². The van der Waals surface area contributed by atoms with Crippen molar-refractivity contribution in [3.05, 3.63) is 59.7 Å². The zero-order valence-corrected chi connectivity index (χ0v) is 18.4. The third-order valence-corrected chi connectivity index (χ3v) is 6.19. The molecule has 31 heavy (non-hydrogen) atoms. The van der Waals surface area contributed by atoms with Gasteiger partial charge in [-0.15, -0.1) is 0 Å². The Morgan fingerprint density at radius 1 is 0.968 bits per heavy atom. The minimum Gasteiger partial charge on any atom is -0.497 e. The number of Topliss-reactive ketones (excluding diaryl/α,β-unsaturated/α-hetero) is 1. The van der Waals surface area contributed by atoms with E-state index in [4.69, 9.17) is 4.74 Å². The second-order valence-electron chi connectivity index (χ2n) is 8.47. The second-order valence-corrected chi connectivity index (χ2v) is 8.47. The zero-order valence-electron chi connectivity index (χ0n) is 18.4. The van der Waals surface area contributed by atoms with Gasteiger partial charge in [0, 0.05) is 50.0 Å². The molecule has 4 rings (SSSR count). The fourth-order valence-corrected chi connectivity index (χ4v) is 4.09. The summed E-state index contributed by atoms with van der Waals surface area (Å²) in [6.45, 7) is 6.22. The van der Waals surface area contributed by atoms with Crippen LogP contribution < -0.4 is 9.64 Å². The Hall–Kier alpha value is -2.86. The molecule has 0 spiro atoms. The first-order chi connectivity index (χ1) is 15.0. The van der Waals surface area contributed by atoms with Crippen LogP contribution in [0.5, 0.6) is 5.75 Å². The summed E-state index contributed by atoms with van der Waals surface area (Å²) >= 11 is 0. The summed E-state index contributed by atoms with van der Waals surface area (Å²) in [7, 11) is 1.66. The predicted molar refractivity (Wildman–Crippen MR) is 122 cm³/mol. The molecule has 1 aliphatic carbocycles. The number of ether oxygens (including phenoxy) is 1. The van der Waals surface area contributed by atoms with Crippen molar-refractivity contribution in [1.29, 1.82) is 0 Å². The van der Waals surface area contributed by atoms with Crippen LogP contribution in [0.15, 0.2) is 48.5 Å². The first kappa shape index (κ1) is 21.4. The van der Waals surface area contributed by atoms with E-state index in [0.29, 0.717) is 19.1 Å². The van der Waals surface area contributed by atoms with Gasteiger partial charge in [0.15, 0.2) is 5.78 Å². The molecule has 0 atom stereocenters. The van der Waals surface area contributed by atoms with Crippen LogP contribution in [0.1, 0.15) is 35.7 Å². The third-order valence-electron chi connectivity index (χ3n) is 6.19. The predicted octanol–water partition coefficient (Wildman–Crippen LogP) is 3.21. The molecule has 1 saturated carbocycles. The highest BCUT2D eigenvalue weighted by Gasteiger charge is 2.33. The lowest BCUT2D eigenvalue weighted by Gasteiger charge is -2.36. The Morgan fingerprint density at radius 3 is 2.16 bits per heavy atom. The maximum absolute atomic E-state index is 13.1. The molecule has 1 amide bonds. The topological polar surface area (TPSA) is 53.1 Å². The summed E-state index contributed by atoms with van der Waals surface area (Å²) in [6.07, 6.45) is 2.21. The molecule has 0 N–H and O–H groups in total. The summed E-state index contributed by atoms with van der Waals surface area (Å²) < 4.78 is 5.23. The number of hydrogen-bond donors (Lipinski definition) is 0. The van der Waals surface area contributed by atoms with Gasteiger partial charge in [0.05, 0.1) is 13.7 Å². The van der Waals surface area contributed by atoms with Crippen LogP contribution in [0.25, 0.3) is 0 Å². The highest BCUT2D eigenvalue weighted by molar-refractivity contribution is 5.94. The summed E-state index contributed by atoms with van der Waals surface area (Å²) in [4.78, 5) is 31.2. The van der Waals surface area contributed by atoms with Gasteiger partial charge in [0.1, 0.15) is 5.75 Å². The molecule has 6 nitrogen and oxygen atoms in total. The van der Waals surface area contributed by atoms with Crippen LogP contribution in [0.3, 0.4) is 0 Å². The maximum Gasteiger partial charge on any atom is 0.237 e. The van der Waals surface area contributed by atoms with Gasteiger partial charge in [-0.1, -0.05) is 12.1 Å². The van der Waals surface area contributed by atoms with Crippen molar-refractivity contribution in [2.75, 3.05) is 44.7 Å². The van der Waals surface area contributed by atoms with Crippen LogP contribution >= 0.6 is 0 Å². The van der Waals surface area contributed by atoms with Crippen LogP contribution in [0.4, 0.5) is 5.69 Å². The lowest BCUT2D eigenvalue weighted by molar-refractivity contribution is -0.133. The molecule has 2 aliphatic rings. The van der Waals surface area contributed by atoms with Crippen LogP contribution in [0.2, 0.25) is 0 Å². The number of carbonyl (C=O) groups excluding carboxylic acids is 2. The Balaban J connectivity index is 1.30. The first-order valence-corrected chi connectivity index (χ1v) is 11.0. The Labute approximate surface area is 184 Å². The molecular weight excluding hydrogens is 390 g/mol. The molecule has 2 aromatic carbocycles. The quantitative estimate of drug-likeness (QED) is 0.613. The molecule has 0 unspecified atom stereocenters. The van der Waals surface area contributed by atoms with Crippen LogP contribution in [-0.2, 0) is 11.3 Å². The second kappa shape index (κ2) is 9.52. The normalized spacial score (nSPS) is 16.8. The largest absolute Gasteiger partial charge is 0.497 e. The average molecular weight is 422 g/mol. The smallest absolute Gasteiger partial charge is 0.237 e. The monoisotopic (exact) mass is 421 g/mol. The lowest BCUT2D eigenvalue weighted by Crippen LogP contribution is -2.50. The number of hydrogen-bond acceptors (Lipinski definition) is 5. The number of methoxy groups -OCH3 is 1. The number of rotatable bonds is 8. The third kappa shape index (κ3) is 5.44. The van der Waals surface area contributed by atoms with E-state index in [9.17, 15) is 9.59 Å². The molecule has 2 fully saturated rings. The van der Waals surface area contributed by atoms with Gasteiger partial charge < -0.3 is 14.5 Å². The fourth-order valence-electron chi connectivity index (χ4n) is 4.09. The first-order valence-electron chi connectivity index (χ1n) is 11.0. The van der Waals surface area contributed by atoms with E-state index >= 15 is 0 Å². The highest BCUT2D eigenvalue weighted by atomic mass is 16.5. The van der Waals surface area contributed by atoms with Gasteiger partial charge in [-0.05, 0) is 61.7 Å². The van der Waals surface area contributed by atoms with Crippen molar-refractivity contribution in [3.63, 3.8) is 0 Å². The summed E-state index contributed by atoms with van der Waals surface area (Å²) in [5.74, 6) is 1.14. The van der Waals surface area contributed by atoms with Gasteiger partial charge in [-0.2, -0.15) is 0 Å². The van der Waals surface area contributed by atoms with Crippen molar-refractivity contribution < 1.29 is 14.3 Å². The van der Waals surface area contributed by atoms with E-state index in [2.05, 4.69) is 14.7 Å². The number of ketones is 1. The van der Waals surface area contributed by atoms with E-state index < -0.39 is 0 Å². The van der Waals surface area contributed by atoms with Gasteiger partial charge in [-0.25, -0.2) is 0 Å². The zero-order chi connectivity index (χ0) is 21.8. The van der Waals surface area contributed by atoms with Crippen LogP contribution in [0, 0.1) is 0 Å². The van der Waals surface area contributed by atoms with E-state index in [0.717, 1.165) is 61.6 Å². The average Bonchev–Trinajstić information content (AvgIpc) is 3.63. The molecular formula is C25H31N3O3. The van der Waals surface area contributed by atoms with E-state index in [1.807, 2.05) is 48.5 Å². The molecule has 2 aromatic rings. The standard InChI is InChI=1S/C25H31N3O3/c1-19(29)21-5-7-22(8-6-21)27-15-13-26(14-16-27)18-25(30)28(23-9-10-23)17-20-3-11-24(31-2)12-4-20/h3-8,11-12,23H,9-10,13-18H2,1-2H3. The molecule has 1 aliphatic heterocycles. The van der Waals surface area contributed by atoms with E-state index in [1.54, 1.807) is 14.0 Å². The fraction of sp³-hybridized carbons (Fsp3) is 0.440. The molecule has 6 heteroatoms. The minimum atomic E-state index is 0.0877. The molecule has 1 saturated heterocycles. The van der Waals surface area contributed by atoms with Crippen molar-refractivity contribution >= 4 is 17.4 Å². The van der Waals surface area contributed by atoms with Crippen molar-refractivity contribution in [1.82, 2.24) is 9.80 Å². The maximum atomic E-state index is 13.1. The number of carbonyl (C=O) groups is 2. The summed E-state index contributed by atoms with van der Waals surface area (Å²) in [5.41, 5.74) is 3.01. The molecule has 1 heterocycles. The molecule has 0 bridgehead atoms. The van der Waals surface area contributed by atoms with Crippen molar-refractivity contribution in [2.45, 2.75) is 32.4 Å². The SMILES string of the molecule is COc1ccc(CN(C(=O)CN2CCN(c3ccc(C(C)=O)cc3)CC2)C2CC2)cc1. The number of nitrogens with zero attached hydrogens (tertiary/aromatic N) is 3. The molecule has 164 valence electrons. The van der Waals surface area contributed by atoms with Gasteiger partial charge in [-0.3, -0.25) is 14.5 Å². The van der Waals surface area contributed by atoms with E-state index in [-0.39, 0.29) is 11.7 Å². The minimum absolute atomic E-state index is 0.0877. The van der Waals surface area contributed by atoms with Gasteiger partial charge in [0.25, 0.3) is 0 Å². The van der Waals surface area contributed by atoms with Crippen molar-refractivity contribution in [3.8, 4) is 5.75 Å². The Kier molecular flexibility index (Phi) is 6.56. The molecule has 0 radical (unpaired) electrons. The Bertz CT molecular complexity index is 899. The molecule has 0 aromatic heterocycles. The van der Waals surface area contributed by atoms with Crippen molar-refractivity contribution in [2.24, 2.45) is 0 Å².